The zero-order valence-electron chi connectivity index (χ0n) is 26.0. The normalized spacial score (nSPS) is 21.3. The van der Waals surface area contributed by atoms with Gasteiger partial charge in [-0.3, -0.25) is 14.4 Å². The fourth-order valence-electron chi connectivity index (χ4n) is 6.21. The van der Waals surface area contributed by atoms with Gasteiger partial charge in [-0.05, 0) is 35.4 Å². The maximum Gasteiger partial charge on any atom is 0.450 e. The van der Waals surface area contributed by atoms with Crippen LogP contribution in [0.2, 0.25) is 0 Å². The van der Waals surface area contributed by atoms with Gasteiger partial charge in [0.15, 0.2) is 6.04 Å². The van der Waals surface area contributed by atoms with Crippen molar-refractivity contribution >= 4 is 31.3 Å². The zero-order chi connectivity index (χ0) is 33.7. The SMILES string of the molecule is COC(=O)C1(P(=O)(Oc2ccccc2)Oc2ccccc2)C[C@@H]2[C@H](NC(=O)Cc3ccccc3)C(=O)N2C1C(=O)OCc1ccccc1. The van der Waals surface area contributed by atoms with Crippen LogP contribution in [0.1, 0.15) is 17.5 Å². The first-order chi connectivity index (χ1) is 23.3. The average Bonchev–Trinajstić information content (AvgIpc) is 3.45. The van der Waals surface area contributed by atoms with Crippen LogP contribution in [-0.4, -0.2) is 59.0 Å². The molecule has 0 bridgehead atoms. The summed E-state index contributed by atoms with van der Waals surface area (Å²) in [5.41, 5.74) is 1.38. The van der Waals surface area contributed by atoms with Crippen molar-refractivity contribution in [1.29, 1.82) is 0 Å². The van der Waals surface area contributed by atoms with Crippen molar-refractivity contribution in [2.24, 2.45) is 0 Å². The Labute approximate surface area is 277 Å². The number of rotatable bonds is 12. The second kappa shape index (κ2) is 13.8. The largest absolute Gasteiger partial charge is 0.468 e. The van der Waals surface area contributed by atoms with Crippen LogP contribution in [0.15, 0.2) is 121 Å². The van der Waals surface area contributed by atoms with Crippen molar-refractivity contribution < 1.29 is 42.3 Å². The van der Waals surface area contributed by atoms with E-state index in [0.717, 1.165) is 17.6 Å². The Morgan fingerprint density at radius 1 is 0.792 bits per heavy atom. The molecule has 12 heteroatoms. The van der Waals surface area contributed by atoms with Crippen LogP contribution >= 0.6 is 7.60 Å². The summed E-state index contributed by atoms with van der Waals surface area (Å²) < 4.78 is 38.7. The standard InChI is InChI=1S/C36H33N2O9P/c1-44-35(42)36(48(43,46-27-18-10-4-11-19-27)47-28-20-12-5-13-21-28)23-29-31(37-30(39)22-25-14-6-2-7-15-25)33(40)38(29)32(36)34(41)45-24-26-16-8-3-9-17-26/h2-21,29,31-32H,22-24H2,1H3,(H,37,39)/t29-,31+,32?,36?/m1/s1. The van der Waals surface area contributed by atoms with Gasteiger partial charge in [0, 0.05) is 6.42 Å². The number of fused-ring (bicyclic) bond motifs is 1. The van der Waals surface area contributed by atoms with Crippen molar-refractivity contribution in [3.8, 4) is 11.5 Å². The fourth-order valence-corrected chi connectivity index (χ4v) is 8.63. The molecule has 0 aromatic heterocycles. The molecule has 1 N–H and O–H groups in total. The molecule has 11 nitrogen and oxygen atoms in total. The number of carbonyl (C=O) groups excluding carboxylic acids is 4. The van der Waals surface area contributed by atoms with Gasteiger partial charge in [-0.2, -0.15) is 0 Å². The van der Waals surface area contributed by atoms with Crippen LogP contribution < -0.4 is 14.4 Å². The molecule has 4 atom stereocenters. The third-order valence-electron chi connectivity index (χ3n) is 8.45. The molecular formula is C36H33N2O9P. The van der Waals surface area contributed by atoms with E-state index in [4.69, 9.17) is 18.5 Å². The Morgan fingerprint density at radius 2 is 1.29 bits per heavy atom. The second-order valence-electron chi connectivity index (χ2n) is 11.4. The summed E-state index contributed by atoms with van der Waals surface area (Å²) in [6.07, 6.45) is -0.404. The molecule has 0 saturated carbocycles. The van der Waals surface area contributed by atoms with Gasteiger partial charge in [0.2, 0.25) is 17.0 Å². The number of nitrogens with one attached hydrogen (secondary N) is 1. The Balaban J connectivity index is 1.42. The van der Waals surface area contributed by atoms with Crippen LogP contribution in [0.3, 0.4) is 0 Å². The lowest BCUT2D eigenvalue weighted by atomic mass is 9.93. The molecule has 2 heterocycles. The van der Waals surface area contributed by atoms with Crippen molar-refractivity contribution in [3.63, 3.8) is 0 Å². The topological polar surface area (TPSA) is 138 Å². The minimum absolute atomic E-state index is 0.00520. The lowest BCUT2D eigenvalue weighted by molar-refractivity contribution is -0.167. The molecule has 2 saturated heterocycles. The predicted octanol–water partition coefficient (Wildman–Crippen LogP) is 4.70. The molecule has 0 radical (unpaired) electrons. The van der Waals surface area contributed by atoms with Crippen molar-refractivity contribution in [3.05, 3.63) is 132 Å². The van der Waals surface area contributed by atoms with Gasteiger partial charge in [0.25, 0.3) is 0 Å². The van der Waals surface area contributed by atoms with Crippen LogP contribution in [0.4, 0.5) is 0 Å². The highest BCUT2D eigenvalue weighted by atomic mass is 31.2. The molecule has 4 aromatic carbocycles. The monoisotopic (exact) mass is 668 g/mol. The quantitative estimate of drug-likeness (QED) is 0.129. The zero-order valence-corrected chi connectivity index (χ0v) is 26.9. The molecule has 2 unspecified atom stereocenters. The molecule has 2 aliphatic heterocycles. The lowest BCUT2D eigenvalue weighted by Crippen LogP contribution is -2.71. The van der Waals surface area contributed by atoms with Gasteiger partial charge >= 0.3 is 19.5 Å². The molecule has 4 aromatic rings. The van der Waals surface area contributed by atoms with Crippen LogP contribution in [0.25, 0.3) is 0 Å². The Hall–Kier alpha value is -5.41. The summed E-state index contributed by atoms with van der Waals surface area (Å²) in [5, 5.41) is 0.341. The summed E-state index contributed by atoms with van der Waals surface area (Å²) in [6, 6.07) is 30.0. The molecule has 2 fully saturated rings. The van der Waals surface area contributed by atoms with E-state index in [1.807, 2.05) is 6.07 Å². The maximum absolute atomic E-state index is 15.5. The number of esters is 2. The molecular weight excluding hydrogens is 635 g/mol. The number of nitrogens with zero attached hydrogens (tertiary/aromatic N) is 1. The third-order valence-corrected chi connectivity index (χ3v) is 10.9. The van der Waals surface area contributed by atoms with Crippen molar-refractivity contribution in [2.75, 3.05) is 7.11 Å². The third kappa shape index (κ3) is 6.16. The van der Waals surface area contributed by atoms with Gasteiger partial charge in [0.05, 0.1) is 19.6 Å². The summed E-state index contributed by atoms with van der Waals surface area (Å²) in [6.45, 7) is -0.194. The summed E-state index contributed by atoms with van der Waals surface area (Å²) in [5.74, 6) is -3.03. The van der Waals surface area contributed by atoms with E-state index in [-0.39, 0.29) is 24.5 Å². The van der Waals surface area contributed by atoms with Crippen molar-refractivity contribution in [2.45, 2.75) is 42.7 Å². The molecule has 2 aliphatic rings. The number of hydrogen-bond donors (Lipinski definition) is 1. The van der Waals surface area contributed by atoms with E-state index in [1.165, 1.54) is 24.3 Å². The number of hydrogen-bond acceptors (Lipinski definition) is 9. The number of para-hydroxylation sites is 2. The van der Waals surface area contributed by atoms with E-state index < -0.39 is 61.1 Å². The predicted molar refractivity (Wildman–Crippen MR) is 174 cm³/mol. The van der Waals surface area contributed by atoms with Gasteiger partial charge in [0.1, 0.15) is 24.1 Å². The Bertz CT molecular complexity index is 1780. The molecule has 48 heavy (non-hydrogen) atoms. The first-order valence-electron chi connectivity index (χ1n) is 15.3. The van der Waals surface area contributed by atoms with E-state index in [9.17, 15) is 19.2 Å². The number of ether oxygens (including phenoxy) is 2. The summed E-state index contributed by atoms with van der Waals surface area (Å²) in [4.78, 5) is 56.4. The number of β-lactam (4-membered cyclic amide) rings is 1. The maximum atomic E-state index is 15.5. The number of benzene rings is 4. The second-order valence-corrected chi connectivity index (χ2v) is 13.6. The Kier molecular flexibility index (Phi) is 9.32. The highest BCUT2D eigenvalue weighted by molar-refractivity contribution is 7.57. The smallest absolute Gasteiger partial charge is 0.450 e. The molecule has 6 rings (SSSR count). The molecule has 0 aliphatic carbocycles. The van der Waals surface area contributed by atoms with Gasteiger partial charge in [-0.1, -0.05) is 97.1 Å². The van der Waals surface area contributed by atoms with E-state index in [2.05, 4.69) is 5.32 Å². The first-order valence-corrected chi connectivity index (χ1v) is 16.8. The molecule has 246 valence electrons. The van der Waals surface area contributed by atoms with Crippen LogP contribution in [0.5, 0.6) is 11.5 Å². The molecule has 0 spiro atoms. The van der Waals surface area contributed by atoms with Crippen LogP contribution in [-0.2, 0) is 46.2 Å². The highest BCUT2D eigenvalue weighted by Gasteiger charge is 2.79. The number of amides is 2. The highest BCUT2D eigenvalue weighted by Crippen LogP contribution is 2.67. The van der Waals surface area contributed by atoms with Gasteiger partial charge < -0.3 is 28.7 Å². The van der Waals surface area contributed by atoms with Gasteiger partial charge in [-0.15, -0.1) is 0 Å². The summed E-state index contributed by atoms with van der Waals surface area (Å²) in [7, 11) is -3.79. The van der Waals surface area contributed by atoms with Gasteiger partial charge in [-0.25, -0.2) is 9.36 Å². The number of carbonyl (C=O) groups is 4. The lowest BCUT2D eigenvalue weighted by Gasteiger charge is -2.45. The Morgan fingerprint density at radius 3 is 1.81 bits per heavy atom. The first kappa shape index (κ1) is 32.5. The van der Waals surface area contributed by atoms with E-state index in [0.29, 0.717) is 5.56 Å². The minimum atomic E-state index is -4.88. The average molecular weight is 669 g/mol. The minimum Gasteiger partial charge on any atom is -0.468 e. The summed E-state index contributed by atoms with van der Waals surface area (Å²) >= 11 is 0. The van der Waals surface area contributed by atoms with Crippen molar-refractivity contribution in [1.82, 2.24) is 10.2 Å². The van der Waals surface area contributed by atoms with Crippen LogP contribution in [0, 0.1) is 0 Å². The fraction of sp³-hybridized carbons (Fsp3) is 0.222. The molecule has 2 amide bonds. The van der Waals surface area contributed by atoms with E-state index >= 15 is 4.57 Å². The van der Waals surface area contributed by atoms with E-state index in [1.54, 1.807) is 91.0 Å². The number of methoxy groups -OCH3 is 1.